The van der Waals surface area contributed by atoms with Crippen LogP contribution in [0.5, 0.6) is 0 Å². The Balaban J connectivity index is 1.47. The maximum Gasteiger partial charge on any atom is 0.233 e. The zero-order valence-electron chi connectivity index (χ0n) is 19.1. The van der Waals surface area contributed by atoms with E-state index in [1.807, 2.05) is 66.4 Å². The molecule has 0 spiro atoms. The molecule has 0 N–H and O–H groups in total. The fourth-order valence-electron chi connectivity index (χ4n) is 5.30. The monoisotopic (exact) mass is 512 g/mol. The Morgan fingerprint density at radius 2 is 1.53 bits per heavy atom. The van der Waals surface area contributed by atoms with Crippen molar-refractivity contribution in [3.05, 3.63) is 98.5 Å². The van der Waals surface area contributed by atoms with Gasteiger partial charge in [-0.05, 0) is 72.9 Å². The lowest BCUT2D eigenvalue weighted by atomic mass is 9.63. The first-order valence-corrected chi connectivity index (χ1v) is 12.8. The van der Waals surface area contributed by atoms with Crippen molar-refractivity contribution in [3.8, 4) is 0 Å². The highest BCUT2D eigenvalue weighted by Gasteiger charge is 2.48. The van der Waals surface area contributed by atoms with E-state index in [0.717, 1.165) is 46.7 Å². The predicted octanol–water partition coefficient (Wildman–Crippen LogP) is 7.47. The minimum absolute atomic E-state index is 0.0162. The van der Waals surface area contributed by atoms with Crippen LogP contribution in [0.25, 0.3) is 0 Å². The number of benzene rings is 3. The third-order valence-corrected chi connectivity index (χ3v) is 8.15. The number of piperazine rings is 1. The average Bonchev–Trinajstić information content (AvgIpc) is 2.80. The highest BCUT2D eigenvalue weighted by Crippen LogP contribution is 2.46. The van der Waals surface area contributed by atoms with E-state index in [1.165, 1.54) is 0 Å². The summed E-state index contributed by atoms with van der Waals surface area (Å²) in [5, 5.41) is 2.12. The first-order chi connectivity index (χ1) is 16.4. The molecule has 1 unspecified atom stereocenters. The molecule has 6 heteroatoms. The SMILES string of the molecule is Cc1ccc(N2CCN(C(=O)C3(c4ccc(Cl)cc4)CCC3)CC2c2ccc(Cl)cc2)c(Cl)c1. The predicted molar refractivity (Wildman–Crippen MR) is 141 cm³/mol. The van der Waals surface area contributed by atoms with E-state index in [-0.39, 0.29) is 11.9 Å². The lowest BCUT2D eigenvalue weighted by Crippen LogP contribution is -2.57. The number of carbonyl (C=O) groups excluding carboxylic acids is 1. The van der Waals surface area contributed by atoms with E-state index in [0.29, 0.717) is 29.7 Å². The van der Waals surface area contributed by atoms with E-state index in [4.69, 9.17) is 34.8 Å². The Hall–Kier alpha value is -2.20. The molecule has 3 nitrogen and oxygen atoms in total. The van der Waals surface area contributed by atoms with Crippen LogP contribution in [0, 0.1) is 6.92 Å². The molecule has 1 saturated carbocycles. The molecule has 3 aromatic carbocycles. The Bertz CT molecular complexity index is 1190. The Labute approximate surface area is 216 Å². The van der Waals surface area contributed by atoms with Gasteiger partial charge >= 0.3 is 0 Å². The molecule has 1 heterocycles. The largest absolute Gasteiger partial charge is 0.360 e. The third-order valence-electron chi connectivity index (χ3n) is 7.35. The van der Waals surface area contributed by atoms with Crippen molar-refractivity contribution in [1.82, 2.24) is 4.90 Å². The van der Waals surface area contributed by atoms with E-state index in [9.17, 15) is 4.79 Å². The van der Waals surface area contributed by atoms with Crippen molar-refractivity contribution < 1.29 is 4.79 Å². The Morgan fingerprint density at radius 1 is 0.882 bits per heavy atom. The summed E-state index contributed by atoms with van der Waals surface area (Å²) in [6.45, 7) is 4.00. The van der Waals surface area contributed by atoms with E-state index in [1.54, 1.807) is 0 Å². The number of halogens is 3. The summed E-state index contributed by atoms with van der Waals surface area (Å²) in [6.07, 6.45) is 2.82. The molecule has 1 aliphatic heterocycles. The van der Waals surface area contributed by atoms with Crippen LogP contribution in [0.3, 0.4) is 0 Å². The van der Waals surface area contributed by atoms with Crippen LogP contribution >= 0.6 is 34.8 Å². The van der Waals surface area contributed by atoms with Crippen molar-refractivity contribution in [2.75, 3.05) is 24.5 Å². The maximum absolute atomic E-state index is 14.0. The Morgan fingerprint density at radius 3 is 2.12 bits per heavy atom. The molecular formula is C28H27Cl3N2O. The number of hydrogen-bond acceptors (Lipinski definition) is 2. The molecule has 34 heavy (non-hydrogen) atoms. The summed E-state index contributed by atoms with van der Waals surface area (Å²) >= 11 is 19.0. The zero-order chi connectivity index (χ0) is 23.9. The molecule has 176 valence electrons. The van der Waals surface area contributed by atoms with Crippen LogP contribution in [0.15, 0.2) is 66.7 Å². The maximum atomic E-state index is 14.0. The minimum Gasteiger partial charge on any atom is -0.360 e. The molecule has 2 fully saturated rings. The summed E-state index contributed by atoms with van der Waals surface area (Å²) in [6, 6.07) is 21.9. The van der Waals surface area contributed by atoms with E-state index < -0.39 is 5.41 Å². The number of carbonyl (C=O) groups is 1. The van der Waals surface area contributed by atoms with Crippen LogP contribution in [0.2, 0.25) is 15.1 Å². The van der Waals surface area contributed by atoms with Crippen LogP contribution in [-0.4, -0.2) is 30.4 Å². The number of nitrogens with zero attached hydrogens (tertiary/aromatic N) is 2. The normalized spacial score (nSPS) is 19.6. The first-order valence-electron chi connectivity index (χ1n) is 11.7. The van der Waals surface area contributed by atoms with E-state index >= 15 is 0 Å². The van der Waals surface area contributed by atoms with Gasteiger partial charge in [-0.1, -0.05) is 71.6 Å². The lowest BCUT2D eigenvalue weighted by Gasteiger charge is -2.49. The summed E-state index contributed by atoms with van der Waals surface area (Å²) in [4.78, 5) is 18.4. The molecule has 0 bridgehead atoms. The van der Waals surface area contributed by atoms with Crippen molar-refractivity contribution in [2.24, 2.45) is 0 Å². The number of hydrogen-bond donors (Lipinski definition) is 0. The van der Waals surface area contributed by atoms with Gasteiger partial charge in [-0.15, -0.1) is 0 Å². The van der Waals surface area contributed by atoms with Crippen LogP contribution in [0.4, 0.5) is 5.69 Å². The minimum atomic E-state index is -0.446. The quantitative estimate of drug-likeness (QED) is 0.361. The number of rotatable bonds is 4. The van der Waals surface area contributed by atoms with Gasteiger partial charge in [0.1, 0.15) is 0 Å². The van der Waals surface area contributed by atoms with Gasteiger partial charge in [0.25, 0.3) is 0 Å². The third kappa shape index (κ3) is 4.30. The molecule has 1 atom stereocenters. The summed E-state index contributed by atoms with van der Waals surface area (Å²) in [5.41, 5.74) is 3.86. The molecule has 2 aliphatic rings. The van der Waals surface area contributed by atoms with Crippen LogP contribution < -0.4 is 4.90 Å². The van der Waals surface area contributed by atoms with Crippen molar-refractivity contribution >= 4 is 46.4 Å². The molecule has 1 aliphatic carbocycles. The van der Waals surface area contributed by atoms with E-state index in [2.05, 4.69) is 17.0 Å². The van der Waals surface area contributed by atoms with Gasteiger partial charge in [-0.3, -0.25) is 4.79 Å². The topological polar surface area (TPSA) is 23.6 Å². The lowest BCUT2D eigenvalue weighted by molar-refractivity contribution is -0.141. The van der Waals surface area contributed by atoms with Crippen molar-refractivity contribution in [3.63, 3.8) is 0 Å². The second-order valence-electron chi connectivity index (χ2n) is 9.41. The van der Waals surface area contributed by atoms with Gasteiger partial charge in [0, 0.05) is 29.7 Å². The number of amides is 1. The molecule has 0 radical (unpaired) electrons. The van der Waals surface area contributed by atoms with Gasteiger partial charge in [-0.2, -0.15) is 0 Å². The van der Waals surface area contributed by atoms with Gasteiger partial charge in [0.2, 0.25) is 5.91 Å². The first kappa shape index (κ1) is 23.5. The smallest absolute Gasteiger partial charge is 0.233 e. The highest BCUT2D eigenvalue weighted by atomic mass is 35.5. The molecule has 0 aromatic heterocycles. The van der Waals surface area contributed by atoms with Gasteiger partial charge in [0.05, 0.1) is 22.2 Å². The average molecular weight is 514 g/mol. The number of anilines is 1. The number of aryl methyl sites for hydroxylation is 1. The second kappa shape index (κ2) is 9.45. The molecule has 1 amide bonds. The van der Waals surface area contributed by atoms with Gasteiger partial charge in [-0.25, -0.2) is 0 Å². The fraction of sp³-hybridized carbons (Fsp3) is 0.321. The van der Waals surface area contributed by atoms with Crippen molar-refractivity contribution in [2.45, 2.75) is 37.6 Å². The fourth-order valence-corrected chi connectivity index (χ4v) is 5.89. The molecule has 1 saturated heterocycles. The summed E-state index contributed by atoms with van der Waals surface area (Å²) < 4.78 is 0. The van der Waals surface area contributed by atoms with Crippen molar-refractivity contribution in [1.29, 1.82) is 0 Å². The second-order valence-corrected chi connectivity index (χ2v) is 10.7. The zero-order valence-corrected chi connectivity index (χ0v) is 21.4. The highest BCUT2D eigenvalue weighted by molar-refractivity contribution is 6.33. The Kier molecular flexibility index (Phi) is 6.54. The van der Waals surface area contributed by atoms with Crippen LogP contribution in [0.1, 0.15) is 42.0 Å². The van der Waals surface area contributed by atoms with Crippen LogP contribution in [-0.2, 0) is 10.2 Å². The molecule has 3 aromatic rings. The van der Waals surface area contributed by atoms with Gasteiger partial charge < -0.3 is 9.80 Å². The summed E-state index contributed by atoms with van der Waals surface area (Å²) in [5.74, 6) is 0.217. The molecule has 5 rings (SSSR count). The summed E-state index contributed by atoms with van der Waals surface area (Å²) in [7, 11) is 0. The molecular weight excluding hydrogens is 487 g/mol. The standard InChI is InChI=1S/C28H27Cl3N2O/c1-19-3-12-25(24(31)17-19)33-16-15-32(18-26(33)20-4-8-22(29)9-5-20)27(34)28(13-2-14-28)21-6-10-23(30)11-7-21/h3-12,17,26H,2,13-16,18H2,1H3. The van der Waals surface area contributed by atoms with Gasteiger partial charge in [0.15, 0.2) is 0 Å².